The van der Waals surface area contributed by atoms with E-state index in [1.165, 1.54) is 0 Å². The van der Waals surface area contributed by atoms with Crippen molar-refractivity contribution in [1.29, 1.82) is 0 Å². The second-order valence-corrected chi connectivity index (χ2v) is 4.11. The van der Waals surface area contributed by atoms with Crippen molar-refractivity contribution in [3.63, 3.8) is 0 Å². The van der Waals surface area contributed by atoms with Crippen LogP contribution in [0.15, 0.2) is 12.7 Å². The number of likely N-dealkylation sites (tertiary alicyclic amines) is 1. The molecular formula is C12H22N2O3. The lowest BCUT2D eigenvalue weighted by molar-refractivity contribution is 0.00922. The first-order chi connectivity index (χ1) is 8.27. The number of carbonyl (C=O) groups is 1. The highest BCUT2D eigenvalue weighted by molar-refractivity contribution is 5.74. The van der Waals surface area contributed by atoms with Crippen molar-refractivity contribution in [2.75, 3.05) is 32.8 Å². The molecular weight excluding hydrogens is 220 g/mol. The monoisotopic (exact) mass is 242 g/mol. The van der Waals surface area contributed by atoms with Crippen molar-refractivity contribution >= 4 is 6.03 Å². The number of piperidine rings is 1. The van der Waals surface area contributed by atoms with Gasteiger partial charge in [-0.1, -0.05) is 6.08 Å². The second kappa shape index (κ2) is 8.08. The first-order valence-electron chi connectivity index (χ1n) is 6.14. The Morgan fingerprint density at radius 3 is 2.82 bits per heavy atom. The van der Waals surface area contributed by atoms with E-state index < -0.39 is 0 Å². The zero-order chi connectivity index (χ0) is 12.5. The molecule has 0 atom stereocenters. The molecule has 98 valence electrons. The summed E-state index contributed by atoms with van der Waals surface area (Å²) in [4.78, 5) is 13.4. The van der Waals surface area contributed by atoms with Gasteiger partial charge in [-0.05, 0) is 19.3 Å². The largest absolute Gasteiger partial charge is 0.396 e. The number of amides is 2. The number of ether oxygens (including phenoxy) is 1. The van der Waals surface area contributed by atoms with Crippen molar-refractivity contribution in [1.82, 2.24) is 10.2 Å². The van der Waals surface area contributed by atoms with Gasteiger partial charge in [-0.2, -0.15) is 0 Å². The van der Waals surface area contributed by atoms with Crippen LogP contribution in [-0.2, 0) is 4.74 Å². The molecule has 5 nitrogen and oxygen atoms in total. The minimum absolute atomic E-state index is 0.0290. The van der Waals surface area contributed by atoms with E-state index in [0.29, 0.717) is 19.6 Å². The summed E-state index contributed by atoms with van der Waals surface area (Å²) in [5, 5.41) is 11.4. The van der Waals surface area contributed by atoms with E-state index >= 15 is 0 Å². The van der Waals surface area contributed by atoms with Crippen LogP contribution in [0.2, 0.25) is 0 Å². The van der Waals surface area contributed by atoms with Crippen molar-refractivity contribution in [3.8, 4) is 0 Å². The van der Waals surface area contributed by atoms with Crippen LogP contribution in [0.1, 0.15) is 19.3 Å². The molecule has 0 aliphatic carbocycles. The SMILES string of the molecule is C=CCNC(=O)N1CCC(OCCCO)CC1. The van der Waals surface area contributed by atoms with Gasteiger partial charge in [0.1, 0.15) is 0 Å². The van der Waals surface area contributed by atoms with Crippen LogP contribution >= 0.6 is 0 Å². The molecule has 1 saturated heterocycles. The molecule has 0 saturated carbocycles. The molecule has 0 aromatic heterocycles. The minimum Gasteiger partial charge on any atom is -0.396 e. The Bertz CT molecular complexity index is 238. The van der Waals surface area contributed by atoms with Crippen LogP contribution in [0.4, 0.5) is 4.79 Å². The highest BCUT2D eigenvalue weighted by Crippen LogP contribution is 2.13. The first kappa shape index (κ1) is 14.0. The third-order valence-electron chi connectivity index (χ3n) is 2.78. The van der Waals surface area contributed by atoms with E-state index in [4.69, 9.17) is 9.84 Å². The summed E-state index contributed by atoms with van der Waals surface area (Å²) in [6.07, 6.45) is 4.31. The number of carbonyl (C=O) groups excluding carboxylic acids is 1. The fraction of sp³-hybridized carbons (Fsp3) is 0.750. The van der Waals surface area contributed by atoms with Gasteiger partial charge in [-0.25, -0.2) is 4.79 Å². The van der Waals surface area contributed by atoms with E-state index in [-0.39, 0.29) is 18.7 Å². The summed E-state index contributed by atoms with van der Waals surface area (Å²) < 4.78 is 5.60. The zero-order valence-electron chi connectivity index (χ0n) is 10.2. The molecule has 17 heavy (non-hydrogen) atoms. The number of rotatable bonds is 6. The topological polar surface area (TPSA) is 61.8 Å². The lowest BCUT2D eigenvalue weighted by Gasteiger charge is -2.31. The van der Waals surface area contributed by atoms with E-state index in [9.17, 15) is 4.79 Å². The van der Waals surface area contributed by atoms with Crippen LogP contribution in [-0.4, -0.2) is 55.0 Å². The fourth-order valence-corrected chi connectivity index (χ4v) is 1.81. The number of nitrogens with one attached hydrogen (secondary N) is 1. The lowest BCUT2D eigenvalue weighted by atomic mass is 10.1. The van der Waals surface area contributed by atoms with Crippen LogP contribution in [0.5, 0.6) is 0 Å². The fourth-order valence-electron chi connectivity index (χ4n) is 1.81. The standard InChI is InChI=1S/C12H22N2O3/c1-2-6-13-12(16)14-7-4-11(5-8-14)17-10-3-9-15/h2,11,15H,1,3-10H2,(H,13,16). The molecule has 0 aromatic rings. The molecule has 5 heteroatoms. The third-order valence-corrected chi connectivity index (χ3v) is 2.78. The van der Waals surface area contributed by atoms with Gasteiger partial charge in [0.25, 0.3) is 0 Å². The molecule has 1 aliphatic heterocycles. The zero-order valence-corrected chi connectivity index (χ0v) is 10.2. The summed E-state index contributed by atoms with van der Waals surface area (Å²) in [5.74, 6) is 0. The van der Waals surface area contributed by atoms with Crippen molar-refractivity contribution in [2.24, 2.45) is 0 Å². The van der Waals surface area contributed by atoms with Gasteiger partial charge < -0.3 is 20.1 Å². The molecule has 1 aliphatic rings. The second-order valence-electron chi connectivity index (χ2n) is 4.11. The Morgan fingerprint density at radius 1 is 1.53 bits per heavy atom. The average Bonchev–Trinajstić information content (AvgIpc) is 2.37. The minimum atomic E-state index is -0.0290. The number of hydrogen-bond donors (Lipinski definition) is 2. The van der Waals surface area contributed by atoms with Crippen molar-refractivity contribution in [3.05, 3.63) is 12.7 Å². The molecule has 0 radical (unpaired) electrons. The Hall–Kier alpha value is -1.07. The Labute approximate surface area is 102 Å². The Kier molecular flexibility index (Phi) is 6.65. The number of urea groups is 1. The van der Waals surface area contributed by atoms with Crippen molar-refractivity contribution < 1.29 is 14.6 Å². The van der Waals surface area contributed by atoms with E-state index in [1.54, 1.807) is 11.0 Å². The third kappa shape index (κ3) is 5.19. The van der Waals surface area contributed by atoms with Gasteiger partial charge in [0.15, 0.2) is 0 Å². The number of aliphatic hydroxyl groups is 1. The maximum Gasteiger partial charge on any atom is 0.317 e. The summed E-state index contributed by atoms with van der Waals surface area (Å²) in [5.41, 5.74) is 0. The molecule has 0 bridgehead atoms. The number of aliphatic hydroxyl groups excluding tert-OH is 1. The molecule has 0 aromatic carbocycles. The molecule has 1 rings (SSSR count). The smallest absolute Gasteiger partial charge is 0.317 e. The Balaban J connectivity index is 2.16. The van der Waals surface area contributed by atoms with E-state index in [1.807, 2.05) is 0 Å². The molecule has 0 unspecified atom stereocenters. The summed E-state index contributed by atoms with van der Waals surface area (Å²) in [6, 6.07) is -0.0290. The maximum atomic E-state index is 11.6. The van der Waals surface area contributed by atoms with E-state index in [0.717, 1.165) is 25.9 Å². The Morgan fingerprint density at radius 2 is 2.24 bits per heavy atom. The maximum absolute atomic E-state index is 11.6. The predicted octanol–water partition coefficient (Wildman–Crippen LogP) is 0.745. The summed E-state index contributed by atoms with van der Waals surface area (Å²) >= 11 is 0. The van der Waals surface area contributed by atoms with Crippen LogP contribution in [0.3, 0.4) is 0 Å². The summed E-state index contributed by atoms with van der Waals surface area (Å²) in [7, 11) is 0. The predicted molar refractivity (Wildman–Crippen MR) is 65.8 cm³/mol. The summed E-state index contributed by atoms with van der Waals surface area (Å²) in [6.45, 7) is 6.29. The normalized spacial score (nSPS) is 16.9. The van der Waals surface area contributed by atoms with Crippen LogP contribution in [0, 0.1) is 0 Å². The molecule has 2 amide bonds. The molecule has 2 N–H and O–H groups in total. The number of nitrogens with zero attached hydrogens (tertiary/aromatic N) is 1. The number of hydrogen-bond acceptors (Lipinski definition) is 3. The lowest BCUT2D eigenvalue weighted by Crippen LogP contribution is -2.46. The van der Waals surface area contributed by atoms with Crippen LogP contribution < -0.4 is 5.32 Å². The van der Waals surface area contributed by atoms with Gasteiger partial charge in [0.05, 0.1) is 6.10 Å². The van der Waals surface area contributed by atoms with Gasteiger partial charge in [0.2, 0.25) is 0 Å². The molecule has 0 spiro atoms. The van der Waals surface area contributed by atoms with Crippen LogP contribution in [0.25, 0.3) is 0 Å². The first-order valence-corrected chi connectivity index (χ1v) is 6.14. The average molecular weight is 242 g/mol. The highest BCUT2D eigenvalue weighted by Gasteiger charge is 2.22. The van der Waals surface area contributed by atoms with Crippen molar-refractivity contribution in [2.45, 2.75) is 25.4 Å². The van der Waals surface area contributed by atoms with Gasteiger partial charge in [-0.3, -0.25) is 0 Å². The van der Waals surface area contributed by atoms with Gasteiger partial charge in [-0.15, -0.1) is 6.58 Å². The van der Waals surface area contributed by atoms with E-state index in [2.05, 4.69) is 11.9 Å². The highest BCUT2D eigenvalue weighted by atomic mass is 16.5. The molecule has 1 fully saturated rings. The molecule has 1 heterocycles. The van der Waals surface area contributed by atoms with Gasteiger partial charge >= 0.3 is 6.03 Å². The van der Waals surface area contributed by atoms with Gasteiger partial charge in [0, 0.05) is 32.8 Å². The quantitative estimate of drug-likeness (QED) is 0.533.